The molecule has 0 aromatic carbocycles. The lowest BCUT2D eigenvalue weighted by molar-refractivity contribution is -0.0565. The number of hydrogen-bond donors (Lipinski definition) is 15. The fourth-order valence-corrected chi connectivity index (χ4v) is 27.2. The summed E-state index contributed by atoms with van der Waals surface area (Å²) in [5, 5.41) is 12.5. The number of aromatic amines is 2. The number of aliphatic hydroxyl groups excluding tert-OH is 1. The third-order valence-corrected chi connectivity index (χ3v) is 35.7. The Kier molecular flexibility index (Phi) is 32.8. The highest BCUT2D eigenvalue weighted by Gasteiger charge is 2.54. The molecule has 0 aliphatic carbocycles. The molecule has 11 aromatic heterocycles. The summed E-state index contributed by atoms with van der Waals surface area (Å²) in [5.74, 6) is -0.168. The fraction of sp³-hybridized carbons (Fsp3) is 0.556. The molecule has 61 nitrogen and oxygen atoms in total. The van der Waals surface area contributed by atoms with Crippen LogP contribution in [0.4, 0.5) is 29.1 Å². The quantitative estimate of drug-likeness (QED) is 0.0192. The monoisotopic (exact) mass is 2320 g/mol. The average Bonchev–Trinajstić information content (AvgIpc) is 1.61. The molecule has 0 bridgehead atoms. The normalized spacial score (nSPS) is 29.9. The molecule has 7 fully saturated rings. The Balaban J connectivity index is 0.565. The molecule has 75 heteroatoms. The van der Waals surface area contributed by atoms with E-state index in [1.807, 2.05) is 0 Å². The number of fused-ring (bicyclic) bond motifs is 4. The molecule has 0 spiro atoms. The lowest BCUT2D eigenvalue weighted by Crippen LogP contribution is -2.36. The Labute approximate surface area is 861 Å². The van der Waals surface area contributed by atoms with Gasteiger partial charge in [0.1, 0.15) is 145 Å². The van der Waals surface area contributed by atoms with E-state index in [2.05, 4.69) is 87.0 Å². The minimum Gasteiger partial charge on any atom is -0.386 e. The predicted octanol–water partition coefficient (Wildman–Crippen LogP) is 1.71. The number of aliphatic hydroxyl groups is 1. The molecule has 7 aliphatic rings. The van der Waals surface area contributed by atoms with Crippen molar-refractivity contribution < 1.29 is 136 Å². The van der Waals surface area contributed by atoms with Crippen LogP contribution in [0.1, 0.15) is 112 Å². The van der Waals surface area contributed by atoms with E-state index < -0.39 is 250 Å². The van der Waals surface area contributed by atoms with Crippen molar-refractivity contribution in [3.63, 3.8) is 0 Å². The molecular weight excluding hydrogens is 2230 g/mol. The highest BCUT2D eigenvalue weighted by atomic mass is 32.7. The molecule has 19 N–H and O–H groups in total. The van der Waals surface area contributed by atoms with Crippen LogP contribution in [0.2, 0.25) is 0 Å². The second-order valence-corrected chi connectivity index (χ2v) is 53.8. The van der Waals surface area contributed by atoms with Crippen molar-refractivity contribution in [1.29, 1.82) is 0 Å². The Morgan fingerprint density at radius 1 is 0.381 bits per heavy atom. The summed E-state index contributed by atoms with van der Waals surface area (Å²) in [6.07, 6.45) is -16.1. The van der Waals surface area contributed by atoms with Gasteiger partial charge < -0.3 is 146 Å². The molecular formula is C72H94N27O34P7S7. The standard InChI is InChI=1S/C72H94N27O34P7S7/c1-6-33-34(7-46(120-33)94-14-31(3)67(101)91-71(94)104)128-135(107,142)114-17-42-39(12-51(123-42)98-28-88-54-61(76)80-24-84-65(54)98)132-139(111,146)119-21-45-57(56(100)69(126-45)99-29-89-55-62(77)81-25-85-66(55)99)133-140(112,147)118-20-41-36(9-47(122-41)93-13-30(2)58(73)90-70(93)103)129-136(108,143)116-18-43-38(11-50(124-43)97-27-87-53-60(75)79-23-83-64(53)97)131-138(110,145)117-19-44-37(10-49(125-44)96-26-86-52-59(74)78-22-82-63(52)96)130-137(109,144)115-16-40-35(127-134(106,141)113-5)8-48(121-40)95-15-32(4)68(102)92-72(95)105/h13-15,22-29,33-51,56-57,69,100H,6-12,16-21H2,1-5H3,(H,106,141)(H,107,142)(H,108,143)(H,109,144)(H,110,145)(H,111,146)(H,112,147)(H2,73,90,103)(H2,74,78,82)(H2,75,79,83)(H2,76,80,84)(H2,77,81,85)(H,91,101,104)(H,92,102,105)/t33-,34?,35?,36?,37?,38?,39?,40-,41-,42-,43-,44-,45-,46-,47-,48-,49-,50-,51-,56+,57?,69-,134?,135?,136?,137?,138?,139?,140?/m1/s1. The van der Waals surface area contributed by atoms with Gasteiger partial charge in [0.2, 0.25) is 0 Å². The lowest BCUT2D eigenvalue weighted by Gasteiger charge is -2.29. The van der Waals surface area contributed by atoms with Gasteiger partial charge in [0, 0.05) is 80.9 Å². The fourth-order valence-electron chi connectivity index (χ4n) is 17.3. The number of nitrogens with two attached hydrogens (primary N) is 5. The van der Waals surface area contributed by atoms with E-state index in [0.717, 1.165) is 22.6 Å². The maximum atomic E-state index is 15.0. The molecule has 18 heterocycles. The zero-order chi connectivity index (χ0) is 105. The van der Waals surface area contributed by atoms with Crippen LogP contribution in [0.25, 0.3) is 44.7 Å². The first-order chi connectivity index (χ1) is 69.5. The van der Waals surface area contributed by atoms with E-state index >= 15 is 4.57 Å². The molecule has 0 amide bonds. The van der Waals surface area contributed by atoms with Crippen LogP contribution in [0.3, 0.4) is 0 Å². The topological polar surface area (TPSA) is 802 Å². The van der Waals surface area contributed by atoms with Gasteiger partial charge in [0.05, 0.1) is 102 Å². The zero-order valence-corrected chi connectivity index (χ0v) is 88.8. The van der Waals surface area contributed by atoms with Crippen molar-refractivity contribution in [1.82, 2.24) is 107 Å². The number of ether oxygens (including phenoxy) is 7. The molecule has 798 valence electrons. The number of nitrogens with one attached hydrogen (secondary N) is 2. The number of aromatic nitrogens is 22. The Bertz CT molecular complexity index is 7510. The van der Waals surface area contributed by atoms with E-state index in [1.54, 1.807) is 13.8 Å². The Hall–Kier alpha value is -7.20. The number of hydrogen-bond acceptors (Lipinski definition) is 52. The number of nitrogens with zero attached hydrogens (tertiary/aromatic N) is 20. The third kappa shape index (κ3) is 24.6. The number of aryl methyl sites for hydroxylation is 3. The summed E-state index contributed by atoms with van der Waals surface area (Å²) in [6.45, 7) is -30.0. The summed E-state index contributed by atoms with van der Waals surface area (Å²) < 4.78 is 153. The van der Waals surface area contributed by atoms with E-state index in [1.165, 1.54) is 99.6 Å². The first-order valence-electron chi connectivity index (χ1n) is 44.0. The molecule has 14 unspecified atom stereocenters. The Morgan fingerprint density at radius 3 is 1.03 bits per heavy atom. The average molecular weight is 2320 g/mol. The van der Waals surface area contributed by atoms with Gasteiger partial charge in [0.25, 0.3) is 11.1 Å². The highest BCUT2D eigenvalue weighted by molar-refractivity contribution is 8.44. The van der Waals surface area contributed by atoms with Crippen LogP contribution in [-0.2, 0) is 172 Å². The second kappa shape index (κ2) is 44.0. The molecule has 147 heavy (non-hydrogen) atoms. The number of thiol groups is 1. The van der Waals surface area contributed by atoms with Crippen LogP contribution >= 0.6 is 59.4 Å². The summed E-state index contributed by atoms with van der Waals surface area (Å²) in [6, 6.07) is 0. The van der Waals surface area contributed by atoms with Gasteiger partial charge in [-0.05, 0) is 98.0 Å². The SMILES string of the molecule is CC[C@H]1O[C@@H](n2cc(C)c(=O)[nH]c2=O)CC1OP(O)(=S)OC[C@H]1O[C@@H](n2cnc3c(N)ncnc32)CC1OP(=O)(S)OC[C@H]1O[C@@H](n2cnc3c(N)ncnc32)[C@@H](O)C1OP(O)(=S)OC[C@H]1O[C@@H](n2cc(C)c(N)nc2=O)CC1OP(O)(=S)OC[C@H]1O[C@@H](n2cnc3c(N)ncnc32)CC1OP(O)(=S)OC[C@H]1O[C@@H](n2cnc3c(N)ncnc32)CC1OP(O)(=S)OC[C@H]1O[C@@H](n2cc(C)c(=O)[nH]c2=O)CC1OP(O)(=S)OC. The van der Waals surface area contributed by atoms with Gasteiger partial charge in [-0.15, -0.1) is 0 Å². The van der Waals surface area contributed by atoms with Crippen LogP contribution in [0, 0.1) is 20.8 Å². The predicted molar refractivity (Wildman–Crippen MR) is 533 cm³/mol. The summed E-state index contributed by atoms with van der Waals surface area (Å²) >= 11 is 37.9. The molecule has 7 saturated heterocycles. The van der Waals surface area contributed by atoms with Crippen molar-refractivity contribution in [2.45, 2.75) is 208 Å². The van der Waals surface area contributed by atoms with E-state index in [-0.39, 0.29) is 123 Å². The summed E-state index contributed by atoms with van der Waals surface area (Å²) in [7, 11) is 1.11. The largest absolute Gasteiger partial charge is 0.386 e. The van der Waals surface area contributed by atoms with Crippen LogP contribution < -0.4 is 56.9 Å². The minimum atomic E-state index is -4.88. The second-order valence-electron chi connectivity index (χ2n) is 34.1. The van der Waals surface area contributed by atoms with E-state index in [4.69, 9.17) is 196 Å². The van der Waals surface area contributed by atoms with E-state index in [9.17, 15) is 58.4 Å². The van der Waals surface area contributed by atoms with Crippen molar-refractivity contribution in [2.24, 2.45) is 0 Å². The lowest BCUT2D eigenvalue weighted by atomic mass is 10.1. The van der Waals surface area contributed by atoms with Gasteiger partial charge in [-0.2, -0.15) is 4.98 Å². The molecule has 18 rings (SSSR count). The van der Waals surface area contributed by atoms with Gasteiger partial charge >= 0.3 is 64.2 Å². The van der Waals surface area contributed by atoms with Crippen molar-refractivity contribution >= 4 is 204 Å². The van der Waals surface area contributed by atoms with Gasteiger partial charge in [-0.25, -0.2) is 78.8 Å². The number of imidazole rings is 4. The van der Waals surface area contributed by atoms with Crippen LogP contribution in [0.15, 0.2) is 93.2 Å². The molecule has 0 saturated carbocycles. The zero-order valence-electron chi connectivity index (χ0n) is 76.8. The van der Waals surface area contributed by atoms with Gasteiger partial charge in [0.15, 0.2) is 52.1 Å². The van der Waals surface area contributed by atoms with Crippen molar-refractivity contribution in [3.05, 3.63) is 138 Å². The highest BCUT2D eigenvalue weighted by Crippen LogP contribution is 2.61. The number of rotatable bonds is 41. The molecule has 7 aliphatic heterocycles. The van der Waals surface area contributed by atoms with Crippen LogP contribution in [0.5, 0.6) is 0 Å². The molecule has 29 atom stereocenters. The maximum Gasteiger partial charge on any atom is 0.386 e. The summed E-state index contributed by atoms with van der Waals surface area (Å²) in [4.78, 5) is 195. The molecule has 11 aromatic rings. The summed E-state index contributed by atoms with van der Waals surface area (Å²) in [5.41, 5.74) is 28.9. The smallest absolute Gasteiger partial charge is 0.386 e. The van der Waals surface area contributed by atoms with Gasteiger partial charge in [-0.3, -0.25) is 65.1 Å². The number of nitrogen functional groups attached to an aromatic ring is 5. The van der Waals surface area contributed by atoms with Gasteiger partial charge in [-0.1, -0.05) is 19.2 Å². The minimum absolute atomic E-state index is 0.00650. The maximum absolute atomic E-state index is 15.0. The first kappa shape index (κ1) is 110. The van der Waals surface area contributed by atoms with Crippen molar-refractivity contribution in [2.75, 3.05) is 75.4 Å². The third-order valence-electron chi connectivity index (χ3n) is 24.5. The Morgan fingerprint density at radius 2 is 0.673 bits per heavy atom. The first-order valence-corrected chi connectivity index (χ1v) is 62.3. The van der Waals surface area contributed by atoms with E-state index in [0.29, 0.717) is 12.0 Å². The van der Waals surface area contributed by atoms with Crippen LogP contribution in [-0.4, -0.2) is 280 Å². The number of anilines is 5. The molecule has 0 radical (unpaired) electrons. The van der Waals surface area contributed by atoms with Crippen molar-refractivity contribution in [3.8, 4) is 0 Å². The number of H-pyrrole nitrogens is 2.